The number of carbonyl (C=O) groups is 1. The van der Waals surface area contributed by atoms with Gasteiger partial charge < -0.3 is 10.1 Å². The molecule has 1 amide bonds. The molecule has 0 atom stereocenters. The highest BCUT2D eigenvalue weighted by molar-refractivity contribution is 5.89. The number of rotatable bonds is 4. The third kappa shape index (κ3) is 3.32. The smallest absolute Gasteiger partial charge is 0.313 e. The molecule has 1 N–H and O–H groups in total. The van der Waals surface area contributed by atoms with Gasteiger partial charge >= 0.3 is 5.69 Å². The molecule has 0 spiro atoms. The lowest BCUT2D eigenvalue weighted by Crippen LogP contribution is -2.06. The van der Waals surface area contributed by atoms with Crippen LogP contribution in [0.4, 0.5) is 11.4 Å². The Labute approximate surface area is 115 Å². The lowest BCUT2D eigenvalue weighted by atomic mass is 10.2. The first-order chi connectivity index (χ1) is 9.56. The number of anilines is 1. The number of amides is 1. The van der Waals surface area contributed by atoms with Crippen molar-refractivity contribution in [2.24, 2.45) is 0 Å². The minimum atomic E-state index is -0.552. The highest BCUT2D eigenvalue weighted by Gasteiger charge is 2.17. The van der Waals surface area contributed by atoms with E-state index >= 15 is 0 Å². The number of ether oxygens (including phenoxy) is 1. The van der Waals surface area contributed by atoms with Crippen molar-refractivity contribution in [1.29, 1.82) is 0 Å². The van der Waals surface area contributed by atoms with Crippen molar-refractivity contribution in [3.05, 3.63) is 58.6 Å². The quantitative estimate of drug-likeness (QED) is 0.683. The molecule has 102 valence electrons. The van der Waals surface area contributed by atoms with Crippen molar-refractivity contribution in [3.63, 3.8) is 0 Å². The third-order valence-electron chi connectivity index (χ3n) is 2.45. The van der Waals surface area contributed by atoms with Gasteiger partial charge in [-0.2, -0.15) is 0 Å². The van der Waals surface area contributed by atoms with Gasteiger partial charge in [-0.05, 0) is 24.3 Å². The molecule has 0 unspecified atom stereocenters. The lowest BCUT2D eigenvalue weighted by molar-refractivity contribution is -0.385. The van der Waals surface area contributed by atoms with Gasteiger partial charge in [0.2, 0.25) is 11.7 Å². The first kappa shape index (κ1) is 13.5. The summed E-state index contributed by atoms with van der Waals surface area (Å²) in [5, 5.41) is 13.6. The second kappa shape index (κ2) is 5.83. The van der Waals surface area contributed by atoms with Crippen molar-refractivity contribution in [2.45, 2.75) is 6.92 Å². The SMILES string of the molecule is CC(=O)Nc1ccc(Oc2ccccc2)c([N+](=O)[O-])c1. The normalized spacial score (nSPS) is 9.85. The van der Waals surface area contributed by atoms with E-state index in [0.29, 0.717) is 11.4 Å². The first-order valence-electron chi connectivity index (χ1n) is 5.85. The molecule has 0 aliphatic rings. The average Bonchev–Trinajstić information content (AvgIpc) is 2.41. The number of hydrogen-bond acceptors (Lipinski definition) is 4. The number of nitro groups is 1. The maximum atomic E-state index is 11.1. The molecule has 0 saturated heterocycles. The van der Waals surface area contributed by atoms with E-state index in [-0.39, 0.29) is 17.3 Å². The highest BCUT2D eigenvalue weighted by atomic mass is 16.6. The first-order valence-corrected chi connectivity index (χ1v) is 5.85. The number of nitro benzene ring substituents is 1. The number of para-hydroxylation sites is 1. The molecule has 2 aromatic rings. The molecular formula is C14H12N2O4. The van der Waals surface area contributed by atoms with E-state index in [1.165, 1.54) is 19.1 Å². The zero-order chi connectivity index (χ0) is 14.5. The molecule has 6 nitrogen and oxygen atoms in total. The molecule has 20 heavy (non-hydrogen) atoms. The van der Waals surface area contributed by atoms with Gasteiger partial charge in [-0.15, -0.1) is 0 Å². The molecule has 0 saturated carbocycles. The summed E-state index contributed by atoms with van der Waals surface area (Å²) < 4.78 is 5.48. The molecule has 0 radical (unpaired) electrons. The fourth-order valence-electron chi connectivity index (χ4n) is 1.64. The van der Waals surface area contributed by atoms with Crippen LogP contribution in [0.5, 0.6) is 11.5 Å². The summed E-state index contributed by atoms with van der Waals surface area (Å²) in [6.45, 7) is 1.33. The van der Waals surface area contributed by atoms with Gasteiger partial charge in [0.1, 0.15) is 5.75 Å². The number of nitrogens with zero attached hydrogens (tertiary/aromatic N) is 1. The molecule has 0 fully saturated rings. The van der Waals surface area contributed by atoms with Crippen LogP contribution in [0.1, 0.15) is 6.92 Å². The Morgan fingerprint density at radius 3 is 2.50 bits per heavy atom. The van der Waals surface area contributed by atoms with Crippen LogP contribution in [0.25, 0.3) is 0 Å². The van der Waals surface area contributed by atoms with Crippen LogP contribution in [0.15, 0.2) is 48.5 Å². The number of hydrogen-bond donors (Lipinski definition) is 1. The topological polar surface area (TPSA) is 81.5 Å². The van der Waals surface area contributed by atoms with Gasteiger partial charge in [-0.3, -0.25) is 14.9 Å². The van der Waals surface area contributed by atoms with E-state index in [0.717, 1.165) is 0 Å². The minimum absolute atomic E-state index is 0.121. The van der Waals surface area contributed by atoms with Crippen molar-refractivity contribution < 1.29 is 14.5 Å². The Balaban J connectivity index is 2.33. The predicted octanol–water partition coefficient (Wildman–Crippen LogP) is 3.35. The Morgan fingerprint density at radius 1 is 1.20 bits per heavy atom. The van der Waals surface area contributed by atoms with Crippen LogP contribution in [0.2, 0.25) is 0 Å². The summed E-state index contributed by atoms with van der Waals surface area (Å²) in [5.74, 6) is 0.328. The molecule has 0 bridgehead atoms. The fourth-order valence-corrected chi connectivity index (χ4v) is 1.64. The summed E-state index contributed by atoms with van der Waals surface area (Å²) in [6.07, 6.45) is 0. The third-order valence-corrected chi connectivity index (χ3v) is 2.45. The van der Waals surface area contributed by atoms with Crippen LogP contribution in [-0.2, 0) is 4.79 Å². The van der Waals surface area contributed by atoms with Crippen molar-refractivity contribution >= 4 is 17.3 Å². The number of carbonyl (C=O) groups excluding carboxylic acids is 1. The number of benzene rings is 2. The predicted molar refractivity (Wildman–Crippen MR) is 73.9 cm³/mol. The van der Waals surface area contributed by atoms with Gasteiger partial charge in [0.15, 0.2) is 0 Å². The zero-order valence-electron chi connectivity index (χ0n) is 10.7. The second-order valence-corrected chi connectivity index (χ2v) is 4.04. The van der Waals surface area contributed by atoms with Crippen LogP contribution in [0.3, 0.4) is 0 Å². The largest absolute Gasteiger partial charge is 0.450 e. The molecule has 0 aliphatic carbocycles. The lowest BCUT2D eigenvalue weighted by Gasteiger charge is -2.08. The van der Waals surface area contributed by atoms with Crippen LogP contribution in [0, 0.1) is 10.1 Å². The van der Waals surface area contributed by atoms with Crippen molar-refractivity contribution in [1.82, 2.24) is 0 Å². The molecule has 0 aromatic heterocycles. The van der Waals surface area contributed by atoms with Gasteiger partial charge in [0.25, 0.3) is 0 Å². The molecule has 0 aliphatic heterocycles. The van der Waals surface area contributed by atoms with E-state index < -0.39 is 4.92 Å². The molecule has 2 aromatic carbocycles. The summed E-state index contributed by atoms with van der Waals surface area (Å²) in [6, 6.07) is 13.0. The van der Waals surface area contributed by atoms with Crippen LogP contribution >= 0.6 is 0 Å². The fraction of sp³-hybridized carbons (Fsp3) is 0.0714. The van der Waals surface area contributed by atoms with Crippen molar-refractivity contribution in [3.8, 4) is 11.5 Å². The van der Waals surface area contributed by atoms with Crippen LogP contribution in [-0.4, -0.2) is 10.8 Å². The van der Waals surface area contributed by atoms with E-state index in [9.17, 15) is 14.9 Å². The molecule has 2 rings (SSSR count). The maximum absolute atomic E-state index is 11.1. The van der Waals surface area contributed by atoms with Gasteiger partial charge in [-0.1, -0.05) is 18.2 Å². The van der Waals surface area contributed by atoms with Crippen LogP contribution < -0.4 is 10.1 Å². The average molecular weight is 272 g/mol. The molecule has 0 heterocycles. The zero-order valence-corrected chi connectivity index (χ0v) is 10.7. The Bertz CT molecular complexity index is 641. The Morgan fingerprint density at radius 2 is 1.90 bits per heavy atom. The van der Waals surface area contributed by atoms with Gasteiger partial charge in [0.05, 0.1) is 4.92 Å². The highest BCUT2D eigenvalue weighted by Crippen LogP contribution is 2.33. The molecule has 6 heteroatoms. The van der Waals surface area contributed by atoms with E-state index in [1.54, 1.807) is 30.3 Å². The summed E-state index contributed by atoms with van der Waals surface area (Å²) in [7, 11) is 0. The number of nitrogens with one attached hydrogen (secondary N) is 1. The monoisotopic (exact) mass is 272 g/mol. The van der Waals surface area contributed by atoms with E-state index in [1.807, 2.05) is 6.07 Å². The minimum Gasteiger partial charge on any atom is -0.450 e. The van der Waals surface area contributed by atoms with E-state index in [2.05, 4.69) is 5.32 Å². The Kier molecular flexibility index (Phi) is 3.95. The summed E-state index contributed by atoms with van der Waals surface area (Å²) in [4.78, 5) is 21.5. The van der Waals surface area contributed by atoms with Gasteiger partial charge in [-0.25, -0.2) is 0 Å². The maximum Gasteiger partial charge on any atom is 0.313 e. The molecular weight excluding hydrogens is 260 g/mol. The standard InChI is InChI=1S/C14H12N2O4/c1-10(17)15-11-7-8-14(13(9-11)16(18)19)20-12-5-3-2-4-6-12/h2-9H,1H3,(H,15,17). The van der Waals surface area contributed by atoms with E-state index in [4.69, 9.17) is 4.74 Å². The summed E-state index contributed by atoms with van der Waals surface area (Å²) >= 11 is 0. The van der Waals surface area contributed by atoms with Gasteiger partial charge in [0, 0.05) is 18.7 Å². The summed E-state index contributed by atoms with van der Waals surface area (Å²) in [5.41, 5.74) is 0.143. The second-order valence-electron chi connectivity index (χ2n) is 4.04. The van der Waals surface area contributed by atoms with Crippen molar-refractivity contribution in [2.75, 3.05) is 5.32 Å². The Hall–Kier alpha value is -2.89.